The van der Waals surface area contributed by atoms with Crippen molar-refractivity contribution < 1.29 is 9.53 Å². The number of carbonyl (C=O) groups excluding carboxylic acids is 1. The zero-order chi connectivity index (χ0) is 9.07. The second kappa shape index (κ2) is 3.57. The van der Waals surface area contributed by atoms with Gasteiger partial charge >= 0.3 is 6.09 Å². The fourth-order valence-electron chi connectivity index (χ4n) is 0.422. The first kappa shape index (κ1) is 10.2. The van der Waals surface area contributed by atoms with E-state index in [1.165, 1.54) is 7.11 Å². The first-order valence-corrected chi connectivity index (χ1v) is 3.51. The molecule has 4 nitrogen and oxygen atoms in total. The summed E-state index contributed by atoms with van der Waals surface area (Å²) in [6.45, 7) is 5.51. The van der Waals surface area contributed by atoms with Crippen molar-refractivity contribution in [2.45, 2.75) is 32.4 Å². The average molecular weight is 160 g/mol. The minimum Gasteiger partial charge on any atom is -0.453 e. The summed E-state index contributed by atoms with van der Waals surface area (Å²) in [6, 6.07) is -0.102. The van der Waals surface area contributed by atoms with Crippen molar-refractivity contribution in [3.8, 4) is 0 Å². The Bertz CT molecular complexity index is 140. The van der Waals surface area contributed by atoms with Crippen LogP contribution in [0.1, 0.15) is 20.8 Å². The molecule has 0 aliphatic rings. The molecule has 11 heavy (non-hydrogen) atoms. The first-order valence-electron chi connectivity index (χ1n) is 3.51. The van der Waals surface area contributed by atoms with E-state index in [4.69, 9.17) is 5.73 Å². The summed E-state index contributed by atoms with van der Waals surface area (Å²) < 4.78 is 4.41. The summed E-state index contributed by atoms with van der Waals surface area (Å²) in [5.41, 5.74) is 5.29. The van der Waals surface area contributed by atoms with Crippen LogP contribution >= 0.6 is 0 Å². The topological polar surface area (TPSA) is 64.3 Å². The lowest BCUT2D eigenvalue weighted by atomic mass is 9.98. The zero-order valence-corrected chi connectivity index (χ0v) is 7.47. The molecule has 0 rings (SSSR count). The third kappa shape index (κ3) is 3.83. The van der Waals surface area contributed by atoms with Crippen LogP contribution < -0.4 is 11.1 Å². The minimum atomic E-state index is -0.448. The minimum absolute atomic E-state index is 0.102. The van der Waals surface area contributed by atoms with Crippen molar-refractivity contribution >= 4 is 6.09 Å². The van der Waals surface area contributed by atoms with Gasteiger partial charge in [-0.3, -0.25) is 0 Å². The number of hydrogen-bond acceptors (Lipinski definition) is 3. The summed E-state index contributed by atoms with van der Waals surface area (Å²) in [6.07, 6.45) is -0.448. The Kier molecular flexibility index (Phi) is 3.32. The molecular weight excluding hydrogens is 144 g/mol. The Morgan fingerprint density at radius 1 is 1.64 bits per heavy atom. The van der Waals surface area contributed by atoms with E-state index in [0.29, 0.717) is 0 Å². The second-order valence-corrected chi connectivity index (χ2v) is 3.18. The third-order valence-corrected chi connectivity index (χ3v) is 1.64. The van der Waals surface area contributed by atoms with Crippen LogP contribution in [-0.2, 0) is 4.74 Å². The normalized spacial score (nSPS) is 13.9. The molecule has 0 aliphatic carbocycles. The maximum Gasteiger partial charge on any atom is 0.407 e. The fraction of sp³-hybridized carbons (Fsp3) is 0.857. The highest BCUT2D eigenvalue weighted by Gasteiger charge is 2.21. The van der Waals surface area contributed by atoms with Crippen LogP contribution in [0, 0.1) is 0 Å². The summed E-state index contributed by atoms with van der Waals surface area (Å²) in [4.78, 5) is 10.7. The van der Waals surface area contributed by atoms with Gasteiger partial charge < -0.3 is 15.8 Å². The Morgan fingerprint density at radius 2 is 2.09 bits per heavy atom. The smallest absolute Gasteiger partial charge is 0.407 e. The highest BCUT2D eigenvalue weighted by Crippen LogP contribution is 2.03. The Balaban J connectivity index is 3.87. The highest BCUT2D eigenvalue weighted by atomic mass is 16.5. The first-order chi connectivity index (χ1) is 4.88. The zero-order valence-electron chi connectivity index (χ0n) is 7.47. The number of nitrogens with two attached hydrogens (primary N) is 1. The van der Waals surface area contributed by atoms with E-state index in [1.807, 2.05) is 20.8 Å². The second-order valence-electron chi connectivity index (χ2n) is 3.18. The van der Waals surface area contributed by atoms with Gasteiger partial charge in [0.25, 0.3) is 0 Å². The van der Waals surface area contributed by atoms with E-state index in [0.717, 1.165) is 0 Å². The van der Waals surface area contributed by atoms with Crippen molar-refractivity contribution in [3.63, 3.8) is 0 Å². The largest absolute Gasteiger partial charge is 0.453 e. The lowest BCUT2D eigenvalue weighted by molar-refractivity contribution is 0.162. The molecule has 0 aromatic carbocycles. The van der Waals surface area contributed by atoms with Gasteiger partial charge in [0.1, 0.15) is 0 Å². The molecule has 0 aromatic rings. The molecule has 0 spiro atoms. The van der Waals surface area contributed by atoms with Crippen LogP contribution in [0.2, 0.25) is 0 Å². The predicted octanol–water partition coefficient (Wildman–Crippen LogP) is 0.468. The van der Waals surface area contributed by atoms with Gasteiger partial charge in [-0.2, -0.15) is 0 Å². The van der Waals surface area contributed by atoms with Crippen LogP contribution in [0.5, 0.6) is 0 Å². The molecule has 0 saturated carbocycles. The van der Waals surface area contributed by atoms with Gasteiger partial charge in [0.2, 0.25) is 0 Å². The molecule has 0 saturated heterocycles. The van der Waals surface area contributed by atoms with Gasteiger partial charge in [-0.05, 0) is 20.8 Å². The molecule has 0 bridgehead atoms. The fourth-order valence-corrected chi connectivity index (χ4v) is 0.422. The van der Waals surface area contributed by atoms with Gasteiger partial charge in [0.15, 0.2) is 0 Å². The molecular formula is C7H16N2O2. The lowest BCUT2D eigenvalue weighted by Crippen LogP contribution is -2.52. The van der Waals surface area contributed by atoms with Crippen LogP contribution in [0.25, 0.3) is 0 Å². The molecule has 4 heteroatoms. The predicted molar refractivity (Wildman–Crippen MR) is 43.3 cm³/mol. The molecule has 0 radical (unpaired) electrons. The summed E-state index contributed by atoms with van der Waals surface area (Å²) >= 11 is 0. The summed E-state index contributed by atoms with van der Waals surface area (Å²) in [5.74, 6) is 0. The van der Waals surface area contributed by atoms with Crippen LogP contribution in [-0.4, -0.2) is 24.8 Å². The van der Waals surface area contributed by atoms with Crippen LogP contribution in [0.15, 0.2) is 0 Å². The highest BCUT2D eigenvalue weighted by molar-refractivity contribution is 5.67. The third-order valence-electron chi connectivity index (χ3n) is 1.64. The Morgan fingerprint density at radius 3 is 2.36 bits per heavy atom. The Labute approximate surface area is 67.1 Å². The van der Waals surface area contributed by atoms with Gasteiger partial charge in [0, 0.05) is 11.6 Å². The number of methoxy groups -OCH3 is 1. The van der Waals surface area contributed by atoms with Gasteiger partial charge in [-0.15, -0.1) is 0 Å². The van der Waals surface area contributed by atoms with Gasteiger partial charge in [-0.1, -0.05) is 0 Å². The van der Waals surface area contributed by atoms with Crippen molar-refractivity contribution in [1.82, 2.24) is 5.32 Å². The maximum absolute atomic E-state index is 10.7. The molecule has 1 amide bonds. The van der Waals surface area contributed by atoms with E-state index in [2.05, 4.69) is 10.1 Å². The molecule has 0 aromatic heterocycles. The van der Waals surface area contributed by atoms with Crippen molar-refractivity contribution in [1.29, 1.82) is 0 Å². The molecule has 0 aliphatic heterocycles. The number of carbonyl (C=O) groups is 1. The van der Waals surface area contributed by atoms with E-state index < -0.39 is 11.6 Å². The SMILES string of the molecule is COC(=O)N[C@@H](C)C(C)(C)N. The van der Waals surface area contributed by atoms with Crippen LogP contribution in [0.4, 0.5) is 4.79 Å². The number of ether oxygens (including phenoxy) is 1. The van der Waals surface area contributed by atoms with E-state index >= 15 is 0 Å². The number of alkyl carbamates (subject to hydrolysis) is 1. The van der Waals surface area contributed by atoms with Gasteiger partial charge in [0.05, 0.1) is 7.11 Å². The standard InChI is InChI=1S/C7H16N2O2/c1-5(7(2,3)8)9-6(10)11-4/h5H,8H2,1-4H3,(H,9,10)/t5-/m0/s1. The summed E-state index contributed by atoms with van der Waals surface area (Å²) in [7, 11) is 1.32. The number of nitrogens with one attached hydrogen (secondary N) is 1. The van der Waals surface area contributed by atoms with Crippen LogP contribution in [0.3, 0.4) is 0 Å². The monoisotopic (exact) mass is 160 g/mol. The quantitative estimate of drug-likeness (QED) is 0.617. The lowest BCUT2D eigenvalue weighted by Gasteiger charge is -2.27. The molecule has 3 N–H and O–H groups in total. The number of rotatable bonds is 2. The van der Waals surface area contributed by atoms with E-state index in [1.54, 1.807) is 0 Å². The van der Waals surface area contributed by atoms with Crippen molar-refractivity contribution in [3.05, 3.63) is 0 Å². The van der Waals surface area contributed by atoms with E-state index in [-0.39, 0.29) is 6.04 Å². The van der Waals surface area contributed by atoms with Crippen molar-refractivity contribution in [2.24, 2.45) is 5.73 Å². The number of amides is 1. The maximum atomic E-state index is 10.7. The molecule has 0 unspecified atom stereocenters. The van der Waals surface area contributed by atoms with Gasteiger partial charge in [-0.25, -0.2) is 4.79 Å². The van der Waals surface area contributed by atoms with Crippen molar-refractivity contribution in [2.75, 3.05) is 7.11 Å². The van der Waals surface area contributed by atoms with E-state index in [9.17, 15) is 4.79 Å². The summed E-state index contributed by atoms with van der Waals surface area (Å²) in [5, 5.41) is 2.58. The number of hydrogen-bond donors (Lipinski definition) is 2. The Hall–Kier alpha value is -0.770. The molecule has 1 atom stereocenters. The molecule has 0 fully saturated rings. The molecule has 0 heterocycles. The average Bonchev–Trinajstić information content (AvgIpc) is 1.85. The molecule has 66 valence electrons.